The topological polar surface area (TPSA) is 122 Å². The fourth-order valence-corrected chi connectivity index (χ4v) is 4.59. The minimum absolute atomic E-state index is 0.0141. The minimum Gasteiger partial charge on any atom is -0.293 e. The van der Waals surface area contributed by atoms with Gasteiger partial charge >= 0.3 is 0 Å². The van der Waals surface area contributed by atoms with Crippen molar-refractivity contribution in [2.45, 2.75) is 19.8 Å². The van der Waals surface area contributed by atoms with Gasteiger partial charge < -0.3 is 0 Å². The lowest BCUT2D eigenvalue weighted by atomic mass is 10.1. The van der Waals surface area contributed by atoms with Gasteiger partial charge in [-0.15, -0.1) is 0 Å². The van der Waals surface area contributed by atoms with E-state index in [1.165, 1.54) is 40.9 Å². The highest BCUT2D eigenvalue weighted by Gasteiger charge is 2.31. The first-order chi connectivity index (χ1) is 16.8. The van der Waals surface area contributed by atoms with Gasteiger partial charge in [-0.2, -0.15) is 0 Å². The van der Waals surface area contributed by atoms with Crippen molar-refractivity contribution in [2.24, 2.45) is 0 Å². The molecule has 35 heavy (non-hydrogen) atoms. The van der Waals surface area contributed by atoms with Gasteiger partial charge in [-0.1, -0.05) is 72.5 Å². The number of amides is 3. The minimum atomic E-state index is -0.799. The van der Waals surface area contributed by atoms with Crippen molar-refractivity contribution in [3.05, 3.63) is 92.4 Å². The summed E-state index contributed by atoms with van der Waals surface area (Å²) in [4.78, 5) is 49.3. The van der Waals surface area contributed by atoms with Crippen molar-refractivity contribution in [3.63, 3.8) is 0 Å². The Hall–Kier alpha value is -3.83. The number of carbonyl (C=O) groups is 3. The summed E-state index contributed by atoms with van der Waals surface area (Å²) in [5, 5.41) is 11.0. The number of thiocarbonyl (C=S) groups is 1. The van der Waals surface area contributed by atoms with Gasteiger partial charge in [0, 0.05) is 19.0 Å². The number of allylic oxidation sites excluding steroid dienone is 2. The molecule has 2 aromatic rings. The second-order valence-electron chi connectivity index (χ2n) is 7.51. The molecule has 2 N–H and O–H groups in total. The van der Waals surface area contributed by atoms with Crippen LogP contribution in [0.1, 0.15) is 35.7 Å². The Morgan fingerprint density at radius 1 is 1.11 bits per heavy atom. The number of carbonyl (C=O) groups excluding carboxylic acids is 3. The fourth-order valence-electron chi connectivity index (χ4n) is 3.23. The second kappa shape index (κ2) is 12.0. The number of hydrogen-bond donors (Lipinski definition) is 2. The normalized spacial score (nSPS) is 14.8. The van der Waals surface area contributed by atoms with Gasteiger partial charge in [0.05, 0.1) is 9.83 Å². The van der Waals surface area contributed by atoms with Crippen molar-refractivity contribution in [3.8, 4) is 0 Å². The van der Waals surface area contributed by atoms with Crippen molar-refractivity contribution < 1.29 is 19.3 Å². The molecule has 0 spiro atoms. The molecule has 1 aliphatic heterocycles. The monoisotopic (exact) mass is 510 g/mol. The highest BCUT2D eigenvalue weighted by Crippen LogP contribution is 2.32. The Balaban J connectivity index is 1.48. The molecule has 0 atom stereocenters. The number of nitrogens with one attached hydrogen (secondary N) is 2. The summed E-state index contributed by atoms with van der Waals surface area (Å²) >= 11 is 6.53. The average Bonchev–Trinajstić information content (AvgIpc) is 3.10. The molecular weight excluding hydrogens is 488 g/mol. The van der Waals surface area contributed by atoms with Crippen LogP contribution in [0.3, 0.4) is 0 Å². The maximum Gasteiger partial charge on any atom is 0.282 e. The number of hydrogen-bond acceptors (Lipinski definition) is 7. The molecule has 1 saturated heterocycles. The molecule has 0 bridgehead atoms. The second-order valence-corrected chi connectivity index (χ2v) is 9.19. The lowest BCUT2D eigenvalue weighted by molar-refractivity contribution is -0.385. The van der Waals surface area contributed by atoms with Crippen LogP contribution in [0.5, 0.6) is 0 Å². The third-order valence-corrected chi connectivity index (χ3v) is 6.25. The third kappa shape index (κ3) is 7.08. The number of rotatable bonds is 8. The molecule has 1 heterocycles. The molecule has 1 fully saturated rings. The highest BCUT2D eigenvalue weighted by molar-refractivity contribution is 8.26. The first kappa shape index (κ1) is 25.8. The smallest absolute Gasteiger partial charge is 0.282 e. The number of thioether (sulfide) groups is 1. The Labute approximate surface area is 211 Å². The zero-order valence-corrected chi connectivity index (χ0v) is 20.4. The predicted octanol–water partition coefficient (Wildman–Crippen LogP) is 3.98. The largest absolute Gasteiger partial charge is 0.293 e. The van der Waals surface area contributed by atoms with Crippen LogP contribution >= 0.6 is 24.0 Å². The van der Waals surface area contributed by atoms with E-state index in [9.17, 15) is 24.5 Å². The Kier molecular flexibility index (Phi) is 8.87. The van der Waals surface area contributed by atoms with Crippen molar-refractivity contribution in [2.75, 3.05) is 6.54 Å². The van der Waals surface area contributed by atoms with Crippen LogP contribution in [0.2, 0.25) is 0 Å². The summed E-state index contributed by atoms with van der Waals surface area (Å²) in [6.07, 6.45) is 4.08. The average molecular weight is 511 g/mol. The van der Waals surface area contributed by atoms with Gasteiger partial charge in [0.1, 0.15) is 9.88 Å². The van der Waals surface area contributed by atoms with E-state index in [4.69, 9.17) is 12.2 Å². The van der Waals surface area contributed by atoms with Crippen molar-refractivity contribution in [1.29, 1.82) is 0 Å². The van der Waals surface area contributed by atoms with Crippen LogP contribution in [0.15, 0.2) is 71.2 Å². The van der Waals surface area contributed by atoms with Crippen LogP contribution in [0.25, 0.3) is 6.08 Å². The Morgan fingerprint density at radius 2 is 1.80 bits per heavy atom. The summed E-state index contributed by atoms with van der Waals surface area (Å²) in [6, 6.07) is 15.2. The maximum atomic E-state index is 12.7. The number of nitrogens with zero attached hydrogens (tertiary/aromatic N) is 2. The molecule has 1 aliphatic rings. The SMILES string of the molecule is CC(/C=C1\SC(=S)N(CCCC(=O)NNC(=O)c2ccccc2[N+](=O)[O-])C1=O)=C\c1ccccc1. The Bertz CT molecular complexity index is 1230. The molecule has 3 rings (SSSR count). The molecule has 0 saturated carbocycles. The summed E-state index contributed by atoms with van der Waals surface area (Å²) in [6.45, 7) is 2.15. The van der Waals surface area contributed by atoms with E-state index < -0.39 is 16.7 Å². The van der Waals surface area contributed by atoms with E-state index in [2.05, 4.69) is 10.9 Å². The molecule has 180 valence electrons. The molecule has 3 amide bonds. The van der Waals surface area contributed by atoms with Crippen LogP contribution in [0, 0.1) is 10.1 Å². The molecule has 0 radical (unpaired) electrons. The molecule has 0 unspecified atom stereocenters. The van der Waals surface area contributed by atoms with E-state index >= 15 is 0 Å². The quantitative estimate of drug-likeness (QED) is 0.238. The standard InChI is InChI=1S/C24H22N4O5S2/c1-16(14-17-8-3-2-4-9-17)15-20-23(31)27(24(34)35-20)13-7-12-21(29)25-26-22(30)18-10-5-6-11-19(18)28(32)33/h2-6,8-11,14-15H,7,12-13H2,1H3,(H,25,29)(H,26,30)/b16-14+,20-15-. The molecule has 0 aliphatic carbocycles. The van der Waals surface area contributed by atoms with Gasteiger partial charge in [0.25, 0.3) is 17.5 Å². The van der Waals surface area contributed by atoms with Crippen molar-refractivity contribution >= 4 is 57.8 Å². The lowest BCUT2D eigenvalue weighted by Crippen LogP contribution is -2.42. The molecular formula is C24H22N4O5S2. The molecule has 9 nitrogen and oxygen atoms in total. The first-order valence-electron chi connectivity index (χ1n) is 10.6. The van der Waals surface area contributed by atoms with Gasteiger partial charge in [-0.3, -0.25) is 40.2 Å². The predicted molar refractivity (Wildman–Crippen MR) is 138 cm³/mol. The molecule has 0 aromatic heterocycles. The zero-order valence-electron chi connectivity index (χ0n) is 18.7. The zero-order chi connectivity index (χ0) is 25.4. The third-order valence-electron chi connectivity index (χ3n) is 4.87. The number of nitro benzene ring substituents is 1. The van der Waals surface area contributed by atoms with E-state index in [-0.39, 0.29) is 30.1 Å². The van der Waals surface area contributed by atoms with E-state index in [0.29, 0.717) is 15.6 Å². The van der Waals surface area contributed by atoms with Gasteiger partial charge in [-0.25, -0.2) is 0 Å². The highest BCUT2D eigenvalue weighted by atomic mass is 32.2. The van der Waals surface area contributed by atoms with E-state index in [0.717, 1.165) is 11.1 Å². The van der Waals surface area contributed by atoms with E-state index in [1.54, 1.807) is 6.08 Å². The van der Waals surface area contributed by atoms with Gasteiger partial charge in [-0.05, 0) is 36.6 Å². The van der Waals surface area contributed by atoms with Crippen molar-refractivity contribution in [1.82, 2.24) is 15.8 Å². The van der Waals surface area contributed by atoms with E-state index in [1.807, 2.05) is 43.3 Å². The number of para-hydroxylation sites is 1. The van der Waals surface area contributed by atoms with Gasteiger partial charge in [0.15, 0.2) is 0 Å². The van der Waals surface area contributed by atoms with Crippen LogP contribution in [-0.4, -0.2) is 38.4 Å². The van der Waals surface area contributed by atoms with Gasteiger partial charge in [0.2, 0.25) is 5.91 Å². The van der Waals surface area contributed by atoms with Crippen LogP contribution in [0.4, 0.5) is 5.69 Å². The summed E-state index contributed by atoms with van der Waals surface area (Å²) in [5.41, 5.74) is 5.80. The number of nitro groups is 1. The number of hydrazine groups is 1. The summed E-state index contributed by atoms with van der Waals surface area (Å²) < 4.78 is 0.416. The fraction of sp³-hybridized carbons (Fsp3) is 0.167. The summed E-state index contributed by atoms with van der Waals surface area (Å²) in [5.74, 6) is -1.52. The molecule has 2 aromatic carbocycles. The van der Waals surface area contributed by atoms with Crippen LogP contribution < -0.4 is 10.9 Å². The summed E-state index contributed by atoms with van der Waals surface area (Å²) in [7, 11) is 0. The Morgan fingerprint density at radius 3 is 2.51 bits per heavy atom. The number of benzene rings is 2. The van der Waals surface area contributed by atoms with Crippen LogP contribution in [-0.2, 0) is 9.59 Å². The molecule has 11 heteroatoms. The first-order valence-corrected chi connectivity index (χ1v) is 11.8. The lowest BCUT2D eigenvalue weighted by Gasteiger charge is -2.14. The maximum absolute atomic E-state index is 12.7.